The van der Waals surface area contributed by atoms with Crippen molar-refractivity contribution in [2.45, 2.75) is 25.5 Å². The molecule has 1 aromatic carbocycles. The van der Waals surface area contributed by atoms with Crippen molar-refractivity contribution < 1.29 is 9.47 Å². The van der Waals surface area contributed by atoms with Crippen molar-refractivity contribution >= 4 is 0 Å². The standard InChI is InChI=1S/C12H14N2O2/c1-7-3-8-4-12(15-2)9(10(14)6-13)5-11(8)16-7/h4-5,7,10H,3,14H2,1-2H3. The Balaban J connectivity index is 2.47. The molecule has 0 amide bonds. The van der Waals surface area contributed by atoms with Crippen molar-refractivity contribution in [1.29, 1.82) is 5.26 Å². The average Bonchev–Trinajstić information content (AvgIpc) is 2.65. The van der Waals surface area contributed by atoms with Crippen LogP contribution in [0.25, 0.3) is 0 Å². The normalized spacial score (nSPS) is 19.5. The van der Waals surface area contributed by atoms with Crippen molar-refractivity contribution in [1.82, 2.24) is 0 Å². The van der Waals surface area contributed by atoms with Crippen LogP contribution < -0.4 is 15.2 Å². The molecule has 0 radical (unpaired) electrons. The second-order valence-corrected chi connectivity index (χ2v) is 3.94. The monoisotopic (exact) mass is 218 g/mol. The highest BCUT2D eigenvalue weighted by Gasteiger charge is 2.23. The minimum absolute atomic E-state index is 0.174. The fourth-order valence-electron chi connectivity index (χ4n) is 1.94. The highest BCUT2D eigenvalue weighted by molar-refractivity contribution is 5.50. The topological polar surface area (TPSA) is 68.3 Å². The summed E-state index contributed by atoms with van der Waals surface area (Å²) in [6.45, 7) is 2.01. The molecule has 0 spiro atoms. The lowest BCUT2D eigenvalue weighted by molar-refractivity contribution is 0.254. The van der Waals surface area contributed by atoms with E-state index in [1.165, 1.54) is 0 Å². The minimum Gasteiger partial charge on any atom is -0.496 e. The molecule has 16 heavy (non-hydrogen) atoms. The lowest BCUT2D eigenvalue weighted by atomic mass is 10.0. The molecule has 1 aliphatic heterocycles. The van der Waals surface area contributed by atoms with Crippen LogP contribution in [0, 0.1) is 11.3 Å². The number of nitrogens with two attached hydrogens (primary N) is 1. The summed E-state index contributed by atoms with van der Waals surface area (Å²) in [7, 11) is 1.58. The predicted octanol–water partition coefficient (Wildman–Crippen LogP) is 1.54. The Bertz CT molecular complexity index is 451. The van der Waals surface area contributed by atoms with Gasteiger partial charge in [-0.1, -0.05) is 0 Å². The molecule has 2 atom stereocenters. The summed E-state index contributed by atoms with van der Waals surface area (Å²) < 4.78 is 10.9. The fraction of sp³-hybridized carbons (Fsp3) is 0.417. The molecule has 84 valence electrons. The van der Waals surface area contributed by atoms with Crippen LogP contribution in [0.3, 0.4) is 0 Å². The maximum atomic E-state index is 8.84. The van der Waals surface area contributed by atoms with E-state index in [0.717, 1.165) is 17.7 Å². The van der Waals surface area contributed by atoms with E-state index in [4.69, 9.17) is 20.5 Å². The van der Waals surface area contributed by atoms with Crippen molar-refractivity contribution in [2.24, 2.45) is 5.73 Å². The molecule has 0 aliphatic carbocycles. The van der Waals surface area contributed by atoms with E-state index < -0.39 is 6.04 Å². The number of benzene rings is 1. The van der Waals surface area contributed by atoms with E-state index in [9.17, 15) is 0 Å². The van der Waals surface area contributed by atoms with Gasteiger partial charge in [-0.05, 0) is 19.1 Å². The Morgan fingerprint density at radius 1 is 1.62 bits per heavy atom. The molecular formula is C12H14N2O2. The maximum Gasteiger partial charge on any atom is 0.125 e. The lowest BCUT2D eigenvalue weighted by Crippen LogP contribution is -2.09. The first-order valence-corrected chi connectivity index (χ1v) is 5.18. The molecule has 0 saturated heterocycles. The van der Waals surface area contributed by atoms with Gasteiger partial charge in [-0.3, -0.25) is 0 Å². The third-order valence-electron chi connectivity index (χ3n) is 2.72. The summed E-state index contributed by atoms with van der Waals surface area (Å²) in [4.78, 5) is 0. The third kappa shape index (κ3) is 1.70. The molecule has 1 aromatic rings. The van der Waals surface area contributed by atoms with Crippen molar-refractivity contribution in [3.63, 3.8) is 0 Å². The number of nitriles is 1. The summed E-state index contributed by atoms with van der Waals surface area (Å²) in [5.74, 6) is 1.47. The van der Waals surface area contributed by atoms with Crippen LogP contribution in [0.5, 0.6) is 11.5 Å². The number of nitrogens with zero attached hydrogens (tertiary/aromatic N) is 1. The first-order valence-electron chi connectivity index (χ1n) is 5.18. The second kappa shape index (κ2) is 4.03. The highest BCUT2D eigenvalue weighted by atomic mass is 16.5. The molecule has 2 unspecified atom stereocenters. The minimum atomic E-state index is -0.681. The first kappa shape index (κ1) is 10.8. The van der Waals surface area contributed by atoms with Gasteiger partial charge in [-0.25, -0.2) is 0 Å². The smallest absolute Gasteiger partial charge is 0.125 e. The molecule has 1 heterocycles. The van der Waals surface area contributed by atoms with Crippen molar-refractivity contribution in [3.8, 4) is 17.6 Å². The van der Waals surface area contributed by atoms with Gasteiger partial charge in [0, 0.05) is 17.5 Å². The Morgan fingerprint density at radius 3 is 3.00 bits per heavy atom. The first-order chi connectivity index (χ1) is 7.65. The van der Waals surface area contributed by atoms with Gasteiger partial charge in [0.1, 0.15) is 23.6 Å². The lowest BCUT2D eigenvalue weighted by Gasteiger charge is -2.12. The van der Waals surface area contributed by atoms with Gasteiger partial charge >= 0.3 is 0 Å². The maximum absolute atomic E-state index is 8.84. The summed E-state index contributed by atoms with van der Waals surface area (Å²) in [5, 5.41) is 8.84. The van der Waals surface area contributed by atoms with E-state index in [1.807, 2.05) is 25.1 Å². The Morgan fingerprint density at radius 2 is 2.38 bits per heavy atom. The van der Waals surface area contributed by atoms with Gasteiger partial charge in [-0.15, -0.1) is 0 Å². The summed E-state index contributed by atoms with van der Waals surface area (Å²) in [6, 6.07) is 5.04. The van der Waals surface area contributed by atoms with Crippen LogP contribution in [0.4, 0.5) is 0 Å². The van der Waals surface area contributed by atoms with E-state index >= 15 is 0 Å². The number of hydrogen-bond acceptors (Lipinski definition) is 4. The van der Waals surface area contributed by atoms with Crippen LogP contribution in [0.1, 0.15) is 24.1 Å². The Hall–Kier alpha value is -1.73. The van der Waals surface area contributed by atoms with Gasteiger partial charge in [0.2, 0.25) is 0 Å². The van der Waals surface area contributed by atoms with Crippen LogP contribution in [0.2, 0.25) is 0 Å². The molecule has 4 nitrogen and oxygen atoms in total. The molecular weight excluding hydrogens is 204 g/mol. The fourth-order valence-corrected chi connectivity index (χ4v) is 1.94. The second-order valence-electron chi connectivity index (χ2n) is 3.94. The molecule has 0 saturated carbocycles. The largest absolute Gasteiger partial charge is 0.496 e. The average molecular weight is 218 g/mol. The zero-order valence-corrected chi connectivity index (χ0v) is 9.36. The van der Waals surface area contributed by atoms with E-state index in [1.54, 1.807) is 7.11 Å². The van der Waals surface area contributed by atoms with E-state index in [-0.39, 0.29) is 6.10 Å². The van der Waals surface area contributed by atoms with Crippen LogP contribution in [-0.2, 0) is 6.42 Å². The number of fused-ring (bicyclic) bond motifs is 1. The number of rotatable bonds is 2. The number of ether oxygens (including phenoxy) is 2. The van der Waals surface area contributed by atoms with E-state index in [2.05, 4.69) is 0 Å². The molecule has 2 N–H and O–H groups in total. The van der Waals surface area contributed by atoms with Crippen molar-refractivity contribution in [2.75, 3.05) is 7.11 Å². The SMILES string of the molecule is COc1cc2c(cc1C(N)C#N)OC(C)C2. The van der Waals surface area contributed by atoms with Gasteiger partial charge in [0.15, 0.2) is 0 Å². The zero-order chi connectivity index (χ0) is 11.7. The third-order valence-corrected chi connectivity index (χ3v) is 2.72. The highest BCUT2D eigenvalue weighted by Crippen LogP contribution is 2.36. The van der Waals surface area contributed by atoms with E-state index in [0.29, 0.717) is 11.3 Å². The summed E-state index contributed by atoms with van der Waals surface area (Å²) in [6.07, 6.45) is 1.04. The van der Waals surface area contributed by atoms with Crippen LogP contribution in [0.15, 0.2) is 12.1 Å². The zero-order valence-electron chi connectivity index (χ0n) is 9.36. The summed E-state index contributed by atoms with van der Waals surface area (Å²) >= 11 is 0. The van der Waals surface area contributed by atoms with Gasteiger partial charge in [0.05, 0.1) is 13.2 Å². The molecule has 0 fully saturated rings. The van der Waals surface area contributed by atoms with Gasteiger partial charge in [-0.2, -0.15) is 5.26 Å². The Labute approximate surface area is 94.6 Å². The number of methoxy groups -OCH3 is 1. The molecule has 2 rings (SSSR count). The molecule has 0 aromatic heterocycles. The number of hydrogen-bond donors (Lipinski definition) is 1. The van der Waals surface area contributed by atoms with Crippen LogP contribution in [-0.4, -0.2) is 13.2 Å². The van der Waals surface area contributed by atoms with Crippen molar-refractivity contribution in [3.05, 3.63) is 23.3 Å². The quantitative estimate of drug-likeness (QED) is 0.817. The molecule has 4 heteroatoms. The van der Waals surface area contributed by atoms with Crippen LogP contribution >= 0.6 is 0 Å². The van der Waals surface area contributed by atoms with Gasteiger partial charge in [0.25, 0.3) is 0 Å². The predicted molar refractivity (Wildman–Crippen MR) is 59.3 cm³/mol. The summed E-state index contributed by atoms with van der Waals surface area (Å²) in [5.41, 5.74) is 7.49. The molecule has 0 bridgehead atoms. The molecule has 1 aliphatic rings. The Kier molecular flexibility index (Phi) is 2.71. The van der Waals surface area contributed by atoms with Gasteiger partial charge < -0.3 is 15.2 Å².